The van der Waals surface area contributed by atoms with Gasteiger partial charge in [-0.1, -0.05) is 66.7 Å². The van der Waals surface area contributed by atoms with Crippen LogP contribution in [0.4, 0.5) is 21.0 Å². The number of rotatable bonds is 13. The summed E-state index contributed by atoms with van der Waals surface area (Å²) >= 11 is 0. The lowest BCUT2D eigenvalue weighted by molar-refractivity contribution is 0.0574. The number of nitrogens with zero attached hydrogens (tertiary/aromatic N) is 2. The highest BCUT2D eigenvalue weighted by Gasteiger charge is 2.23. The normalized spacial score (nSPS) is 14.1. The Morgan fingerprint density at radius 2 is 1.66 bits per heavy atom. The van der Waals surface area contributed by atoms with Gasteiger partial charge in [-0.05, 0) is 72.8 Å². The summed E-state index contributed by atoms with van der Waals surface area (Å²) in [5, 5.41) is 30.6. The van der Waals surface area contributed by atoms with Crippen LogP contribution in [0, 0.1) is 0 Å². The molecule has 0 spiro atoms. The number of ether oxygens (including phenoxy) is 1. The molecule has 12 heteroatoms. The maximum atomic E-state index is 12.9. The zero-order valence-electron chi connectivity index (χ0n) is 29.8. The number of anilines is 2. The molecule has 0 aliphatic carbocycles. The van der Waals surface area contributed by atoms with Gasteiger partial charge in [0.15, 0.2) is 0 Å². The molecule has 0 radical (unpaired) electrons. The fourth-order valence-electron chi connectivity index (χ4n) is 6.50. The van der Waals surface area contributed by atoms with E-state index < -0.39 is 12.2 Å². The Bertz CT molecular complexity index is 2050. The molecular formula is C41H46N6O6. The first-order valence-electron chi connectivity index (χ1n) is 17.9. The number of aliphatic hydroxyl groups is 1. The monoisotopic (exact) mass is 718 g/mol. The molecule has 53 heavy (non-hydrogen) atoms. The van der Waals surface area contributed by atoms with Crippen LogP contribution in [-0.2, 0) is 11.2 Å². The molecule has 12 nitrogen and oxygen atoms in total. The Kier molecular flexibility index (Phi) is 12.4. The summed E-state index contributed by atoms with van der Waals surface area (Å²) < 4.78 is 5.76. The summed E-state index contributed by atoms with van der Waals surface area (Å²) in [6, 6.07) is 31.2. The van der Waals surface area contributed by atoms with Gasteiger partial charge >= 0.3 is 12.1 Å². The van der Waals surface area contributed by atoms with Crippen molar-refractivity contribution in [3.63, 3.8) is 0 Å². The first-order chi connectivity index (χ1) is 25.7. The number of aromatic nitrogens is 1. The van der Waals surface area contributed by atoms with Crippen LogP contribution in [0.15, 0.2) is 108 Å². The van der Waals surface area contributed by atoms with Crippen molar-refractivity contribution in [2.45, 2.75) is 31.5 Å². The van der Waals surface area contributed by atoms with Crippen molar-refractivity contribution >= 4 is 34.4 Å². The second kappa shape index (κ2) is 17.7. The predicted molar refractivity (Wildman–Crippen MR) is 207 cm³/mol. The molecule has 1 atom stereocenters. The molecule has 1 fully saturated rings. The number of para-hydroxylation sites is 1. The highest BCUT2D eigenvalue weighted by Crippen LogP contribution is 2.29. The van der Waals surface area contributed by atoms with Gasteiger partial charge in [-0.3, -0.25) is 10.1 Å². The van der Waals surface area contributed by atoms with Crippen LogP contribution >= 0.6 is 0 Å². The number of pyridine rings is 1. The molecule has 276 valence electrons. The summed E-state index contributed by atoms with van der Waals surface area (Å²) in [7, 11) is 1.78. The summed E-state index contributed by atoms with van der Waals surface area (Å²) in [6.45, 7) is 3.75. The highest BCUT2D eigenvalue weighted by atomic mass is 16.6. The third-order valence-corrected chi connectivity index (χ3v) is 9.55. The standard InChI is InChI=1S/C41H46N6O6/c1-46(25-26-47-23-20-31(21-24-47)53-41(52)44-35-10-6-5-9-32(35)29-7-3-2-4-8-29)40(51)43-30-13-11-28(12-14-30)19-22-42-27-37(49)33-15-17-36(48)39-34(33)16-18-38(50)45-39/h2-18,31,37,42,48-49H,19-27H2,1H3,(H,43,51)(H,44,52)(H,45,50). The summed E-state index contributed by atoms with van der Waals surface area (Å²) in [5.74, 6) is -0.0440. The van der Waals surface area contributed by atoms with Gasteiger partial charge in [-0.2, -0.15) is 0 Å². The van der Waals surface area contributed by atoms with E-state index in [1.807, 2.05) is 78.9 Å². The average molecular weight is 719 g/mol. The number of likely N-dealkylation sites (N-methyl/N-ethyl adjacent to an activating group) is 1. The Morgan fingerprint density at radius 1 is 0.925 bits per heavy atom. The zero-order valence-corrected chi connectivity index (χ0v) is 29.8. The van der Waals surface area contributed by atoms with E-state index >= 15 is 0 Å². The van der Waals surface area contributed by atoms with Crippen molar-refractivity contribution in [1.29, 1.82) is 0 Å². The Labute approximate surface area is 308 Å². The number of aromatic amines is 1. The van der Waals surface area contributed by atoms with E-state index in [0.29, 0.717) is 47.5 Å². The van der Waals surface area contributed by atoms with Crippen molar-refractivity contribution in [2.75, 3.05) is 56.9 Å². The minimum Gasteiger partial charge on any atom is -0.506 e. The van der Waals surface area contributed by atoms with E-state index in [4.69, 9.17) is 4.74 Å². The number of amides is 3. The fraction of sp³-hybridized carbons (Fsp3) is 0.293. The van der Waals surface area contributed by atoms with Crippen LogP contribution in [0.5, 0.6) is 5.75 Å². The number of piperidine rings is 1. The van der Waals surface area contributed by atoms with Gasteiger partial charge in [0.25, 0.3) is 0 Å². The lowest BCUT2D eigenvalue weighted by atomic mass is 10.0. The van der Waals surface area contributed by atoms with Gasteiger partial charge in [0.05, 0.1) is 17.3 Å². The van der Waals surface area contributed by atoms with Crippen LogP contribution in [0.3, 0.4) is 0 Å². The van der Waals surface area contributed by atoms with Crippen LogP contribution in [0.1, 0.15) is 30.1 Å². The van der Waals surface area contributed by atoms with E-state index in [1.54, 1.807) is 24.1 Å². The van der Waals surface area contributed by atoms with E-state index in [1.165, 1.54) is 12.1 Å². The van der Waals surface area contributed by atoms with Crippen molar-refractivity contribution < 1.29 is 24.5 Å². The largest absolute Gasteiger partial charge is 0.506 e. The van der Waals surface area contributed by atoms with Gasteiger partial charge in [-0.15, -0.1) is 0 Å². The molecule has 6 rings (SSSR count). The first-order valence-corrected chi connectivity index (χ1v) is 17.9. The summed E-state index contributed by atoms with van der Waals surface area (Å²) in [4.78, 5) is 43.9. The number of hydrogen-bond acceptors (Lipinski definition) is 8. The van der Waals surface area contributed by atoms with E-state index in [-0.39, 0.29) is 23.4 Å². The molecule has 1 aromatic heterocycles. The SMILES string of the molecule is CN(CCN1CCC(OC(=O)Nc2ccccc2-c2ccccc2)CC1)C(=O)Nc1ccc(CCNCC(O)c2ccc(O)c3[nH]c(=O)ccc23)cc1. The third kappa shape index (κ3) is 10.0. The Hall–Kier alpha value is -5.69. The molecule has 3 amide bonds. The molecule has 2 heterocycles. The number of nitrogens with one attached hydrogen (secondary N) is 4. The highest BCUT2D eigenvalue weighted by molar-refractivity contribution is 5.92. The number of phenolic OH excluding ortho intramolecular Hbond substituents is 1. The second-order valence-corrected chi connectivity index (χ2v) is 13.3. The molecule has 0 saturated carbocycles. The number of carbonyl (C=O) groups is 2. The molecule has 1 unspecified atom stereocenters. The van der Waals surface area contributed by atoms with Crippen molar-refractivity contribution in [1.82, 2.24) is 20.1 Å². The van der Waals surface area contributed by atoms with E-state index in [0.717, 1.165) is 55.6 Å². The van der Waals surface area contributed by atoms with Crippen LogP contribution < -0.4 is 21.5 Å². The number of likely N-dealkylation sites (tertiary alicyclic amines) is 1. The minimum atomic E-state index is -0.826. The van der Waals surface area contributed by atoms with Crippen molar-refractivity contribution in [2.24, 2.45) is 0 Å². The van der Waals surface area contributed by atoms with Crippen LogP contribution in [0.25, 0.3) is 22.0 Å². The molecule has 0 bridgehead atoms. The topological polar surface area (TPSA) is 159 Å². The first kappa shape index (κ1) is 37.1. The molecular weight excluding hydrogens is 672 g/mol. The summed E-state index contributed by atoms with van der Waals surface area (Å²) in [5.41, 5.74) is 5.05. The number of hydrogen-bond donors (Lipinski definition) is 6. The van der Waals surface area contributed by atoms with Gasteiger partial charge in [0.2, 0.25) is 5.56 Å². The number of aromatic hydroxyl groups is 1. The van der Waals surface area contributed by atoms with Gasteiger partial charge in [0.1, 0.15) is 11.9 Å². The smallest absolute Gasteiger partial charge is 0.411 e. The number of phenols is 1. The third-order valence-electron chi connectivity index (χ3n) is 9.55. The van der Waals surface area contributed by atoms with Gasteiger partial charge in [0, 0.05) is 62.5 Å². The number of urea groups is 1. The Balaban J connectivity index is 0.868. The average Bonchev–Trinajstić information content (AvgIpc) is 3.17. The number of aliphatic hydroxyl groups excluding tert-OH is 1. The number of fused-ring (bicyclic) bond motifs is 1. The van der Waals surface area contributed by atoms with Crippen LogP contribution in [0.2, 0.25) is 0 Å². The maximum Gasteiger partial charge on any atom is 0.411 e. The van der Waals surface area contributed by atoms with Crippen molar-refractivity contribution in [3.8, 4) is 16.9 Å². The predicted octanol–water partition coefficient (Wildman–Crippen LogP) is 5.94. The maximum absolute atomic E-state index is 12.9. The molecule has 1 aliphatic rings. The lowest BCUT2D eigenvalue weighted by Gasteiger charge is -2.32. The quantitative estimate of drug-likeness (QED) is 0.0816. The molecule has 6 N–H and O–H groups in total. The van der Waals surface area contributed by atoms with Gasteiger partial charge < -0.3 is 40.4 Å². The molecule has 1 saturated heterocycles. The molecule has 4 aromatic carbocycles. The van der Waals surface area contributed by atoms with E-state index in [2.05, 4.69) is 25.8 Å². The number of H-pyrrole nitrogens is 1. The molecule has 1 aliphatic heterocycles. The fourth-order valence-corrected chi connectivity index (χ4v) is 6.50. The minimum absolute atomic E-state index is 0.0440. The lowest BCUT2D eigenvalue weighted by Crippen LogP contribution is -2.43. The van der Waals surface area contributed by atoms with Crippen molar-refractivity contribution in [3.05, 3.63) is 125 Å². The Morgan fingerprint density at radius 3 is 2.43 bits per heavy atom. The molecule has 5 aromatic rings. The second-order valence-electron chi connectivity index (χ2n) is 13.3. The number of carbonyl (C=O) groups excluding carboxylic acids is 2. The van der Waals surface area contributed by atoms with Crippen LogP contribution in [-0.4, -0.2) is 89.5 Å². The number of benzene rings is 4. The summed E-state index contributed by atoms with van der Waals surface area (Å²) in [6.07, 6.45) is 0.730. The van der Waals surface area contributed by atoms with Gasteiger partial charge in [-0.25, -0.2) is 9.59 Å². The zero-order chi connectivity index (χ0) is 37.2. The van der Waals surface area contributed by atoms with E-state index in [9.17, 15) is 24.6 Å².